The molecule has 28 heavy (non-hydrogen) atoms. The van der Waals surface area contributed by atoms with Crippen LogP contribution in [-0.2, 0) is 13.1 Å². The van der Waals surface area contributed by atoms with Gasteiger partial charge in [0, 0.05) is 63.4 Å². The Morgan fingerprint density at radius 3 is 2.50 bits per heavy atom. The molecule has 0 N–H and O–H groups in total. The fraction of sp³-hybridized carbons (Fsp3) is 0.318. The third kappa shape index (κ3) is 4.71. The first kappa shape index (κ1) is 18.5. The second-order valence-electron chi connectivity index (χ2n) is 7.02. The van der Waals surface area contributed by atoms with E-state index in [4.69, 9.17) is 9.72 Å². The van der Waals surface area contributed by atoms with Crippen molar-refractivity contribution in [1.82, 2.24) is 24.8 Å². The zero-order valence-electron chi connectivity index (χ0n) is 16.2. The summed E-state index contributed by atoms with van der Waals surface area (Å²) in [5.74, 6) is 1.66. The van der Waals surface area contributed by atoms with Gasteiger partial charge in [0.05, 0.1) is 12.8 Å². The Balaban J connectivity index is 1.32. The minimum atomic E-state index is 0.738. The van der Waals surface area contributed by atoms with E-state index in [2.05, 4.69) is 38.0 Å². The summed E-state index contributed by atoms with van der Waals surface area (Å²) in [4.78, 5) is 18.2. The first-order chi connectivity index (χ1) is 13.8. The van der Waals surface area contributed by atoms with Gasteiger partial charge in [-0.2, -0.15) is 0 Å². The Kier molecular flexibility index (Phi) is 5.89. The quantitative estimate of drug-likeness (QED) is 0.660. The van der Waals surface area contributed by atoms with Crippen molar-refractivity contribution in [2.75, 3.05) is 33.3 Å². The van der Waals surface area contributed by atoms with Crippen LogP contribution in [0.15, 0.2) is 61.1 Å². The lowest BCUT2D eigenvalue weighted by Crippen LogP contribution is -2.45. The maximum atomic E-state index is 5.33. The minimum absolute atomic E-state index is 0.738. The van der Waals surface area contributed by atoms with E-state index in [1.54, 1.807) is 19.5 Å². The molecular formula is C22H25N5O. The summed E-state index contributed by atoms with van der Waals surface area (Å²) in [5, 5.41) is 0. The van der Waals surface area contributed by atoms with Gasteiger partial charge in [-0.25, -0.2) is 9.97 Å². The van der Waals surface area contributed by atoms with Crippen molar-refractivity contribution in [3.8, 4) is 17.1 Å². The molecule has 0 amide bonds. The second kappa shape index (κ2) is 8.91. The third-order valence-corrected chi connectivity index (χ3v) is 5.02. The van der Waals surface area contributed by atoms with E-state index < -0.39 is 0 Å². The molecule has 2 aromatic heterocycles. The van der Waals surface area contributed by atoms with Crippen LogP contribution >= 0.6 is 0 Å². The van der Waals surface area contributed by atoms with Gasteiger partial charge >= 0.3 is 0 Å². The van der Waals surface area contributed by atoms with E-state index in [0.717, 1.165) is 62.1 Å². The first-order valence-electron chi connectivity index (χ1n) is 9.60. The molecule has 144 valence electrons. The topological polar surface area (TPSA) is 54.4 Å². The van der Waals surface area contributed by atoms with Gasteiger partial charge in [-0.05, 0) is 35.9 Å². The van der Waals surface area contributed by atoms with Crippen molar-refractivity contribution in [2.24, 2.45) is 0 Å². The maximum Gasteiger partial charge on any atom is 0.160 e. The molecule has 0 saturated carbocycles. The molecule has 4 rings (SSSR count). The molecule has 6 nitrogen and oxygen atoms in total. The summed E-state index contributed by atoms with van der Waals surface area (Å²) in [6.45, 7) is 5.99. The van der Waals surface area contributed by atoms with E-state index in [1.807, 2.05) is 30.5 Å². The smallest absolute Gasteiger partial charge is 0.160 e. The number of rotatable bonds is 6. The molecule has 1 aliphatic rings. The summed E-state index contributed by atoms with van der Waals surface area (Å²) < 4.78 is 5.33. The molecule has 0 radical (unpaired) electrons. The molecule has 1 saturated heterocycles. The van der Waals surface area contributed by atoms with Crippen LogP contribution in [0, 0.1) is 0 Å². The van der Waals surface area contributed by atoms with Crippen LogP contribution < -0.4 is 4.74 Å². The molecule has 0 unspecified atom stereocenters. The minimum Gasteiger partial charge on any atom is -0.497 e. The van der Waals surface area contributed by atoms with Gasteiger partial charge in [0.1, 0.15) is 5.75 Å². The summed E-state index contributed by atoms with van der Waals surface area (Å²) in [7, 11) is 1.71. The van der Waals surface area contributed by atoms with Crippen LogP contribution in [0.2, 0.25) is 0 Å². The highest BCUT2D eigenvalue weighted by Gasteiger charge is 2.18. The van der Waals surface area contributed by atoms with E-state index in [-0.39, 0.29) is 0 Å². The second-order valence-corrected chi connectivity index (χ2v) is 7.02. The molecule has 6 heteroatoms. The van der Waals surface area contributed by atoms with Crippen LogP contribution in [0.1, 0.15) is 11.3 Å². The van der Waals surface area contributed by atoms with Gasteiger partial charge < -0.3 is 4.74 Å². The average Bonchev–Trinajstić information content (AvgIpc) is 2.76. The molecule has 3 heterocycles. The van der Waals surface area contributed by atoms with Gasteiger partial charge in [-0.1, -0.05) is 12.1 Å². The van der Waals surface area contributed by atoms with Crippen molar-refractivity contribution in [2.45, 2.75) is 13.1 Å². The number of hydrogen-bond donors (Lipinski definition) is 0. The lowest BCUT2D eigenvalue weighted by Gasteiger charge is -2.34. The average molecular weight is 375 g/mol. The Labute approximate surface area is 165 Å². The standard InChI is InChI=1S/C22H25N5O/c1-28-21-6-2-4-18(14-21)16-26-10-12-27(13-11-26)17-20-7-9-24-22(25-20)19-5-3-8-23-15-19/h2-9,14-15H,10-13,16-17H2,1H3. The van der Waals surface area contributed by atoms with Crippen molar-refractivity contribution < 1.29 is 4.74 Å². The van der Waals surface area contributed by atoms with Crippen LogP contribution in [0.25, 0.3) is 11.4 Å². The number of aromatic nitrogens is 3. The number of nitrogens with zero attached hydrogens (tertiary/aromatic N) is 5. The zero-order chi connectivity index (χ0) is 19.2. The number of pyridine rings is 1. The molecule has 1 aromatic carbocycles. The first-order valence-corrected chi connectivity index (χ1v) is 9.60. The van der Waals surface area contributed by atoms with E-state index in [1.165, 1.54) is 5.56 Å². The SMILES string of the molecule is COc1cccc(CN2CCN(Cc3ccnc(-c4cccnc4)n3)CC2)c1. The molecule has 0 atom stereocenters. The lowest BCUT2D eigenvalue weighted by atomic mass is 10.2. The highest BCUT2D eigenvalue weighted by molar-refractivity contribution is 5.52. The molecule has 0 aliphatic carbocycles. The van der Waals surface area contributed by atoms with Crippen molar-refractivity contribution in [3.05, 3.63) is 72.3 Å². The monoisotopic (exact) mass is 375 g/mol. The summed E-state index contributed by atoms with van der Waals surface area (Å²) in [5.41, 5.74) is 3.30. The van der Waals surface area contributed by atoms with Gasteiger partial charge in [0.2, 0.25) is 0 Å². The van der Waals surface area contributed by atoms with E-state index in [9.17, 15) is 0 Å². The molecule has 3 aromatic rings. The summed E-state index contributed by atoms with van der Waals surface area (Å²) in [6.07, 6.45) is 5.40. The van der Waals surface area contributed by atoms with Crippen molar-refractivity contribution >= 4 is 0 Å². The number of ether oxygens (including phenoxy) is 1. The molecular weight excluding hydrogens is 350 g/mol. The van der Waals surface area contributed by atoms with E-state index in [0.29, 0.717) is 0 Å². The number of methoxy groups -OCH3 is 1. The maximum absolute atomic E-state index is 5.33. The Hall–Kier alpha value is -2.83. The van der Waals surface area contributed by atoms with Gasteiger partial charge in [0.25, 0.3) is 0 Å². The highest BCUT2D eigenvalue weighted by Crippen LogP contribution is 2.17. The van der Waals surface area contributed by atoms with Gasteiger partial charge in [-0.3, -0.25) is 14.8 Å². The third-order valence-electron chi connectivity index (χ3n) is 5.02. The number of benzene rings is 1. The largest absolute Gasteiger partial charge is 0.497 e. The Morgan fingerprint density at radius 1 is 0.929 bits per heavy atom. The Bertz CT molecular complexity index is 894. The highest BCUT2D eigenvalue weighted by atomic mass is 16.5. The molecule has 0 bridgehead atoms. The van der Waals surface area contributed by atoms with Crippen LogP contribution in [0.4, 0.5) is 0 Å². The zero-order valence-corrected chi connectivity index (χ0v) is 16.2. The van der Waals surface area contributed by atoms with Crippen LogP contribution in [0.5, 0.6) is 5.75 Å². The lowest BCUT2D eigenvalue weighted by molar-refractivity contribution is 0.121. The normalized spacial score (nSPS) is 15.5. The molecule has 0 spiro atoms. The van der Waals surface area contributed by atoms with Gasteiger partial charge in [-0.15, -0.1) is 0 Å². The fourth-order valence-electron chi connectivity index (χ4n) is 3.48. The molecule has 1 aliphatic heterocycles. The molecule has 1 fully saturated rings. The van der Waals surface area contributed by atoms with Crippen LogP contribution in [-0.4, -0.2) is 58.0 Å². The fourth-order valence-corrected chi connectivity index (χ4v) is 3.48. The van der Waals surface area contributed by atoms with Gasteiger partial charge in [0.15, 0.2) is 5.82 Å². The predicted octanol–water partition coefficient (Wildman–Crippen LogP) is 2.87. The summed E-state index contributed by atoms with van der Waals surface area (Å²) in [6, 6.07) is 14.2. The van der Waals surface area contributed by atoms with Crippen LogP contribution in [0.3, 0.4) is 0 Å². The Morgan fingerprint density at radius 2 is 1.75 bits per heavy atom. The van der Waals surface area contributed by atoms with Crippen molar-refractivity contribution in [1.29, 1.82) is 0 Å². The van der Waals surface area contributed by atoms with Crippen molar-refractivity contribution in [3.63, 3.8) is 0 Å². The van der Waals surface area contributed by atoms with E-state index >= 15 is 0 Å². The number of hydrogen-bond acceptors (Lipinski definition) is 6. The number of piperazine rings is 1. The summed E-state index contributed by atoms with van der Waals surface area (Å²) >= 11 is 0. The predicted molar refractivity (Wildman–Crippen MR) is 109 cm³/mol.